The molecular weight excluding hydrogens is 160 g/mol. The zero-order valence-corrected chi connectivity index (χ0v) is 6.95. The molecule has 12 heavy (non-hydrogen) atoms. The normalized spacial score (nSPS) is 30.2. The summed E-state index contributed by atoms with van der Waals surface area (Å²) in [7, 11) is 1.44. The fourth-order valence-corrected chi connectivity index (χ4v) is 1.50. The molecule has 1 aliphatic carbocycles. The van der Waals surface area contributed by atoms with Crippen LogP contribution in [0.2, 0.25) is 0 Å². The van der Waals surface area contributed by atoms with E-state index in [2.05, 4.69) is 0 Å². The number of ether oxygens (including phenoxy) is 1. The first-order chi connectivity index (χ1) is 5.65. The van der Waals surface area contributed by atoms with E-state index in [1.54, 1.807) is 0 Å². The number of carbonyl (C=O) groups is 2. The Hall–Kier alpha value is -0.900. The first kappa shape index (κ1) is 9.19. The molecule has 1 saturated carbocycles. The molecular formula is C8H12O4. The average Bonchev–Trinajstić information content (AvgIpc) is 2.03. The van der Waals surface area contributed by atoms with Gasteiger partial charge in [0.05, 0.1) is 12.0 Å². The lowest BCUT2D eigenvalue weighted by atomic mass is 9.86. The molecule has 1 rings (SSSR count). The van der Waals surface area contributed by atoms with Crippen molar-refractivity contribution in [3.63, 3.8) is 0 Å². The molecule has 1 N–H and O–H groups in total. The quantitative estimate of drug-likeness (QED) is 0.657. The number of aliphatic carboxylic acids is 1. The standard InChI is InChI=1S/C8H12O4/c1-12-7-4-5(9)2-3-6(7)8(10)11/h6-7H,2-4H2,1H3,(H,10,11). The Morgan fingerprint density at radius 3 is 2.83 bits per heavy atom. The number of hydrogen-bond acceptors (Lipinski definition) is 3. The van der Waals surface area contributed by atoms with Gasteiger partial charge in [-0.1, -0.05) is 0 Å². The Kier molecular flexibility index (Phi) is 2.81. The summed E-state index contributed by atoms with van der Waals surface area (Å²) in [6.07, 6.45) is 0.598. The van der Waals surface area contributed by atoms with Crippen LogP contribution in [0.4, 0.5) is 0 Å². The Morgan fingerprint density at radius 2 is 2.33 bits per heavy atom. The monoisotopic (exact) mass is 172 g/mol. The second kappa shape index (κ2) is 3.67. The van der Waals surface area contributed by atoms with E-state index in [0.717, 1.165) is 0 Å². The van der Waals surface area contributed by atoms with Crippen molar-refractivity contribution in [1.29, 1.82) is 0 Å². The minimum Gasteiger partial charge on any atom is -0.481 e. The molecule has 0 saturated heterocycles. The molecule has 0 aliphatic heterocycles. The predicted molar refractivity (Wildman–Crippen MR) is 40.8 cm³/mol. The van der Waals surface area contributed by atoms with Crippen LogP contribution < -0.4 is 0 Å². The molecule has 0 aromatic rings. The molecule has 68 valence electrons. The predicted octanol–water partition coefficient (Wildman–Crippen LogP) is 0.455. The van der Waals surface area contributed by atoms with Gasteiger partial charge in [-0.05, 0) is 6.42 Å². The zero-order valence-electron chi connectivity index (χ0n) is 6.95. The molecule has 1 aliphatic rings. The Labute approximate surface area is 70.5 Å². The van der Waals surface area contributed by atoms with Crippen molar-refractivity contribution >= 4 is 11.8 Å². The second-order valence-electron chi connectivity index (χ2n) is 3.00. The summed E-state index contributed by atoms with van der Waals surface area (Å²) in [4.78, 5) is 21.6. The molecule has 0 spiro atoms. The third kappa shape index (κ3) is 1.82. The van der Waals surface area contributed by atoms with E-state index in [1.165, 1.54) is 7.11 Å². The fraction of sp³-hybridized carbons (Fsp3) is 0.750. The number of methoxy groups -OCH3 is 1. The zero-order chi connectivity index (χ0) is 9.14. The third-order valence-electron chi connectivity index (χ3n) is 2.23. The van der Waals surface area contributed by atoms with Crippen molar-refractivity contribution in [2.45, 2.75) is 25.4 Å². The maximum Gasteiger partial charge on any atom is 0.309 e. The molecule has 2 atom stereocenters. The minimum atomic E-state index is -0.866. The average molecular weight is 172 g/mol. The van der Waals surface area contributed by atoms with Crippen LogP contribution in [0.5, 0.6) is 0 Å². The first-order valence-corrected chi connectivity index (χ1v) is 3.92. The Balaban J connectivity index is 2.62. The lowest BCUT2D eigenvalue weighted by molar-refractivity contribution is -0.150. The third-order valence-corrected chi connectivity index (χ3v) is 2.23. The van der Waals surface area contributed by atoms with E-state index >= 15 is 0 Å². The lowest BCUT2D eigenvalue weighted by Crippen LogP contribution is -2.36. The number of carboxylic acids is 1. The highest BCUT2D eigenvalue weighted by Crippen LogP contribution is 2.24. The molecule has 0 amide bonds. The Bertz CT molecular complexity index is 199. The van der Waals surface area contributed by atoms with Crippen LogP contribution in [0.25, 0.3) is 0 Å². The summed E-state index contributed by atoms with van der Waals surface area (Å²) < 4.78 is 4.93. The molecule has 4 heteroatoms. The van der Waals surface area contributed by atoms with Gasteiger partial charge in [-0.15, -0.1) is 0 Å². The highest BCUT2D eigenvalue weighted by atomic mass is 16.5. The lowest BCUT2D eigenvalue weighted by Gasteiger charge is -2.25. The molecule has 4 nitrogen and oxygen atoms in total. The van der Waals surface area contributed by atoms with Crippen molar-refractivity contribution in [1.82, 2.24) is 0 Å². The van der Waals surface area contributed by atoms with Gasteiger partial charge < -0.3 is 9.84 Å². The van der Waals surface area contributed by atoms with Crippen molar-refractivity contribution in [3.8, 4) is 0 Å². The van der Waals surface area contributed by atoms with Crippen LogP contribution in [0, 0.1) is 5.92 Å². The van der Waals surface area contributed by atoms with Crippen LogP contribution in [0.3, 0.4) is 0 Å². The van der Waals surface area contributed by atoms with Crippen molar-refractivity contribution in [2.75, 3.05) is 7.11 Å². The van der Waals surface area contributed by atoms with Gasteiger partial charge in [0.2, 0.25) is 0 Å². The highest BCUT2D eigenvalue weighted by molar-refractivity contribution is 5.83. The fourth-order valence-electron chi connectivity index (χ4n) is 1.50. The summed E-state index contributed by atoms with van der Waals surface area (Å²) in [6.45, 7) is 0. The second-order valence-corrected chi connectivity index (χ2v) is 3.00. The van der Waals surface area contributed by atoms with Crippen LogP contribution in [-0.2, 0) is 14.3 Å². The van der Waals surface area contributed by atoms with Crippen molar-refractivity contribution < 1.29 is 19.4 Å². The summed E-state index contributed by atoms with van der Waals surface area (Å²) in [5.74, 6) is -1.28. The molecule has 0 aromatic heterocycles. The summed E-state index contributed by atoms with van der Waals surface area (Å²) in [5.41, 5.74) is 0. The van der Waals surface area contributed by atoms with E-state index in [1.807, 2.05) is 0 Å². The number of rotatable bonds is 2. The minimum absolute atomic E-state index is 0.0966. The summed E-state index contributed by atoms with van der Waals surface area (Å²) >= 11 is 0. The van der Waals surface area contributed by atoms with E-state index < -0.39 is 18.0 Å². The molecule has 2 unspecified atom stereocenters. The van der Waals surface area contributed by atoms with E-state index in [0.29, 0.717) is 12.8 Å². The number of hydrogen-bond donors (Lipinski definition) is 1. The van der Waals surface area contributed by atoms with E-state index in [4.69, 9.17) is 9.84 Å². The maximum absolute atomic E-state index is 10.9. The maximum atomic E-state index is 10.9. The molecule has 0 bridgehead atoms. The largest absolute Gasteiger partial charge is 0.481 e. The number of carboxylic acid groups (broad SMARTS) is 1. The van der Waals surface area contributed by atoms with E-state index in [9.17, 15) is 9.59 Å². The summed E-state index contributed by atoms with van der Waals surface area (Å²) in [5, 5.41) is 8.73. The van der Waals surface area contributed by atoms with Gasteiger partial charge >= 0.3 is 5.97 Å². The number of ketones is 1. The molecule has 0 radical (unpaired) electrons. The van der Waals surface area contributed by atoms with Gasteiger partial charge in [-0.2, -0.15) is 0 Å². The molecule has 0 aromatic carbocycles. The van der Waals surface area contributed by atoms with Gasteiger partial charge in [0.25, 0.3) is 0 Å². The van der Waals surface area contributed by atoms with Gasteiger partial charge in [0.15, 0.2) is 0 Å². The van der Waals surface area contributed by atoms with Crippen LogP contribution >= 0.6 is 0 Å². The summed E-state index contributed by atoms with van der Waals surface area (Å²) in [6, 6.07) is 0. The number of Topliss-reactive ketones (excluding diaryl/α,β-unsaturated/α-hetero) is 1. The smallest absolute Gasteiger partial charge is 0.309 e. The highest BCUT2D eigenvalue weighted by Gasteiger charge is 2.34. The van der Waals surface area contributed by atoms with Gasteiger partial charge in [-0.25, -0.2) is 0 Å². The molecule has 1 fully saturated rings. The topological polar surface area (TPSA) is 63.6 Å². The van der Waals surface area contributed by atoms with Crippen molar-refractivity contribution in [3.05, 3.63) is 0 Å². The Morgan fingerprint density at radius 1 is 1.67 bits per heavy atom. The van der Waals surface area contributed by atoms with Crippen LogP contribution in [0.1, 0.15) is 19.3 Å². The number of carbonyl (C=O) groups excluding carboxylic acids is 1. The van der Waals surface area contributed by atoms with Gasteiger partial charge in [0.1, 0.15) is 5.78 Å². The first-order valence-electron chi connectivity index (χ1n) is 3.92. The van der Waals surface area contributed by atoms with Crippen molar-refractivity contribution in [2.24, 2.45) is 5.92 Å². The van der Waals surface area contributed by atoms with Crippen LogP contribution in [-0.4, -0.2) is 30.1 Å². The van der Waals surface area contributed by atoms with Gasteiger partial charge in [0, 0.05) is 20.0 Å². The van der Waals surface area contributed by atoms with Crippen LogP contribution in [0.15, 0.2) is 0 Å². The SMILES string of the molecule is COC1CC(=O)CCC1C(=O)O. The van der Waals surface area contributed by atoms with E-state index in [-0.39, 0.29) is 12.2 Å². The van der Waals surface area contributed by atoms with Gasteiger partial charge in [-0.3, -0.25) is 9.59 Å². The molecule has 0 heterocycles.